The van der Waals surface area contributed by atoms with Crippen LogP contribution in [-0.4, -0.2) is 28.2 Å². The van der Waals surface area contributed by atoms with E-state index in [1.165, 1.54) is 11.8 Å². The van der Waals surface area contributed by atoms with Gasteiger partial charge in [0.05, 0.1) is 12.2 Å². The Balaban J connectivity index is 2.03. The summed E-state index contributed by atoms with van der Waals surface area (Å²) in [5.41, 5.74) is 2.17. The number of amides is 2. The summed E-state index contributed by atoms with van der Waals surface area (Å²) in [6, 6.07) is 10.8. The van der Waals surface area contributed by atoms with Gasteiger partial charge in [0.2, 0.25) is 11.8 Å². The fourth-order valence-electron chi connectivity index (χ4n) is 2.07. The van der Waals surface area contributed by atoms with E-state index >= 15 is 0 Å². The maximum atomic E-state index is 12.2. The first-order chi connectivity index (χ1) is 11.0. The van der Waals surface area contributed by atoms with Crippen LogP contribution in [0.2, 0.25) is 5.02 Å². The molecule has 6 heteroatoms. The molecule has 0 aliphatic carbocycles. The molecule has 5 nitrogen and oxygen atoms in total. The molecule has 0 unspecified atom stereocenters. The highest BCUT2D eigenvalue weighted by molar-refractivity contribution is 6.31. The van der Waals surface area contributed by atoms with Crippen molar-refractivity contribution >= 4 is 29.1 Å². The summed E-state index contributed by atoms with van der Waals surface area (Å²) in [6.45, 7) is 3.51. The smallest absolute Gasteiger partial charge is 0.244 e. The molecule has 120 valence electrons. The number of benzene rings is 1. The fraction of sp³-hybridized carbons (Fsp3) is 0.235. The number of carbonyl (C=O) groups excluding carboxylic acids is 2. The summed E-state index contributed by atoms with van der Waals surface area (Å²) in [5.74, 6) is -0.463. The van der Waals surface area contributed by atoms with E-state index in [1.807, 2.05) is 19.1 Å². The lowest BCUT2D eigenvalue weighted by Gasteiger charge is -2.20. The molecular formula is C17H18ClN3O2. The van der Waals surface area contributed by atoms with E-state index in [1.54, 1.807) is 30.5 Å². The van der Waals surface area contributed by atoms with E-state index in [0.717, 1.165) is 11.3 Å². The summed E-state index contributed by atoms with van der Waals surface area (Å²) < 4.78 is 0. The summed E-state index contributed by atoms with van der Waals surface area (Å²) in [7, 11) is 0. The first-order valence-corrected chi connectivity index (χ1v) is 7.55. The van der Waals surface area contributed by atoms with Gasteiger partial charge in [0.15, 0.2) is 0 Å². The molecule has 0 radical (unpaired) electrons. The second kappa shape index (κ2) is 7.74. The van der Waals surface area contributed by atoms with Gasteiger partial charge in [0.1, 0.15) is 6.54 Å². The van der Waals surface area contributed by atoms with Crippen molar-refractivity contribution in [2.45, 2.75) is 20.4 Å². The number of pyridine rings is 1. The molecule has 0 fully saturated rings. The second-order valence-electron chi connectivity index (χ2n) is 5.16. The highest BCUT2D eigenvalue weighted by Gasteiger charge is 2.15. The normalized spacial score (nSPS) is 10.2. The van der Waals surface area contributed by atoms with Crippen LogP contribution in [0.15, 0.2) is 42.6 Å². The van der Waals surface area contributed by atoms with Crippen molar-refractivity contribution in [1.29, 1.82) is 0 Å². The van der Waals surface area contributed by atoms with E-state index in [9.17, 15) is 9.59 Å². The second-order valence-corrected chi connectivity index (χ2v) is 5.56. The molecule has 1 heterocycles. The van der Waals surface area contributed by atoms with Crippen molar-refractivity contribution in [3.8, 4) is 0 Å². The molecule has 0 saturated carbocycles. The monoisotopic (exact) mass is 331 g/mol. The number of hydrogen-bond donors (Lipinski definition) is 1. The zero-order chi connectivity index (χ0) is 16.8. The van der Waals surface area contributed by atoms with Crippen molar-refractivity contribution in [3.63, 3.8) is 0 Å². The lowest BCUT2D eigenvalue weighted by atomic mass is 10.2. The number of nitrogens with zero attached hydrogens (tertiary/aromatic N) is 2. The molecule has 0 aliphatic rings. The Morgan fingerprint density at radius 1 is 1.22 bits per heavy atom. The minimum Gasteiger partial charge on any atom is -0.328 e. The minimum atomic E-state index is -0.276. The number of carbonyl (C=O) groups is 2. The SMILES string of the molecule is CC(=O)N(CC(=O)Nc1cccc(Cl)c1C)Cc1ccccn1. The maximum absolute atomic E-state index is 12.2. The van der Waals surface area contributed by atoms with E-state index in [2.05, 4.69) is 10.3 Å². The summed E-state index contributed by atoms with van der Waals surface area (Å²) >= 11 is 6.04. The van der Waals surface area contributed by atoms with Crippen molar-refractivity contribution in [1.82, 2.24) is 9.88 Å². The Bertz CT molecular complexity index is 704. The van der Waals surface area contributed by atoms with Gasteiger partial charge in [-0.05, 0) is 36.8 Å². The Morgan fingerprint density at radius 3 is 2.65 bits per heavy atom. The summed E-state index contributed by atoms with van der Waals surface area (Å²) in [6.07, 6.45) is 1.66. The number of hydrogen-bond acceptors (Lipinski definition) is 3. The quantitative estimate of drug-likeness (QED) is 0.916. The highest BCUT2D eigenvalue weighted by atomic mass is 35.5. The van der Waals surface area contributed by atoms with E-state index in [0.29, 0.717) is 10.7 Å². The molecule has 0 saturated heterocycles. The minimum absolute atomic E-state index is 0.0438. The number of aromatic nitrogens is 1. The zero-order valence-electron chi connectivity index (χ0n) is 13.0. The predicted molar refractivity (Wildman–Crippen MR) is 90.1 cm³/mol. The van der Waals surface area contributed by atoms with Gasteiger partial charge in [-0.2, -0.15) is 0 Å². The van der Waals surface area contributed by atoms with E-state index in [-0.39, 0.29) is 24.9 Å². The first-order valence-electron chi connectivity index (χ1n) is 7.17. The van der Waals surface area contributed by atoms with Crippen LogP contribution < -0.4 is 5.32 Å². The molecule has 0 spiro atoms. The number of anilines is 1. The van der Waals surface area contributed by atoms with Gasteiger partial charge in [-0.1, -0.05) is 23.7 Å². The molecule has 0 aliphatic heterocycles. The maximum Gasteiger partial charge on any atom is 0.244 e. The summed E-state index contributed by atoms with van der Waals surface area (Å²) in [5, 5.41) is 3.37. The molecule has 0 bridgehead atoms. The van der Waals surface area contributed by atoms with Crippen LogP contribution in [0, 0.1) is 6.92 Å². The third-order valence-corrected chi connectivity index (χ3v) is 3.81. The van der Waals surface area contributed by atoms with Gasteiger partial charge >= 0.3 is 0 Å². The van der Waals surface area contributed by atoms with Crippen LogP contribution in [0.25, 0.3) is 0 Å². The lowest BCUT2D eigenvalue weighted by molar-refractivity contribution is -0.133. The van der Waals surface area contributed by atoms with Gasteiger partial charge < -0.3 is 10.2 Å². The van der Waals surface area contributed by atoms with Crippen molar-refractivity contribution < 1.29 is 9.59 Å². The van der Waals surface area contributed by atoms with Crippen molar-refractivity contribution in [3.05, 3.63) is 58.9 Å². The largest absolute Gasteiger partial charge is 0.328 e. The third kappa shape index (κ3) is 4.79. The highest BCUT2D eigenvalue weighted by Crippen LogP contribution is 2.22. The van der Waals surface area contributed by atoms with Gasteiger partial charge in [-0.3, -0.25) is 14.6 Å². The van der Waals surface area contributed by atoms with Gasteiger partial charge in [0.25, 0.3) is 0 Å². The van der Waals surface area contributed by atoms with Crippen LogP contribution >= 0.6 is 11.6 Å². The number of nitrogens with one attached hydrogen (secondary N) is 1. The average molecular weight is 332 g/mol. The zero-order valence-corrected chi connectivity index (χ0v) is 13.8. The molecule has 1 aromatic heterocycles. The Morgan fingerprint density at radius 2 is 2.00 bits per heavy atom. The molecule has 2 rings (SSSR count). The van der Waals surface area contributed by atoms with E-state index < -0.39 is 0 Å². The Labute approximate surface area is 140 Å². The average Bonchev–Trinajstić information content (AvgIpc) is 2.52. The molecular weight excluding hydrogens is 314 g/mol. The van der Waals surface area contributed by atoms with Crippen LogP contribution in [0.1, 0.15) is 18.2 Å². The molecule has 1 aromatic carbocycles. The number of rotatable bonds is 5. The van der Waals surface area contributed by atoms with Crippen LogP contribution in [0.5, 0.6) is 0 Å². The van der Waals surface area contributed by atoms with Crippen LogP contribution in [-0.2, 0) is 16.1 Å². The van der Waals surface area contributed by atoms with Gasteiger partial charge in [-0.25, -0.2) is 0 Å². The van der Waals surface area contributed by atoms with Crippen LogP contribution in [0.4, 0.5) is 5.69 Å². The molecule has 1 N–H and O–H groups in total. The fourth-order valence-corrected chi connectivity index (χ4v) is 2.25. The van der Waals surface area contributed by atoms with Crippen LogP contribution in [0.3, 0.4) is 0 Å². The predicted octanol–water partition coefficient (Wildman–Crippen LogP) is 3.03. The molecule has 23 heavy (non-hydrogen) atoms. The van der Waals surface area contributed by atoms with Crippen molar-refractivity contribution in [2.75, 3.05) is 11.9 Å². The summed E-state index contributed by atoms with van der Waals surface area (Å²) in [4.78, 5) is 29.6. The Hall–Kier alpha value is -2.40. The Kier molecular flexibility index (Phi) is 5.71. The third-order valence-electron chi connectivity index (χ3n) is 3.40. The first kappa shape index (κ1) is 17.0. The van der Waals surface area contributed by atoms with Gasteiger partial charge in [-0.15, -0.1) is 0 Å². The standard InChI is InChI=1S/C17H18ClN3O2/c1-12-15(18)7-5-8-16(12)20-17(23)11-21(13(2)22)10-14-6-3-4-9-19-14/h3-9H,10-11H2,1-2H3,(H,20,23). The molecule has 0 atom stereocenters. The topological polar surface area (TPSA) is 62.3 Å². The van der Waals surface area contributed by atoms with Gasteiger partial charge in [0, 0.05) is 23.8 Å². The van der Waals surface area contributed by atoms with Crippen molar-refractivity contribution in [2.24, 2.45) is 0 Å². The number of halogens is 1. The molecule has 2 aromatic rings. The van der Waals surface area contributed by atoms with E-state index in [4.69, 9.17) is 11.6 Å². The molecule has 2 amide bonds. The lowest BCUT2D eigenvalue weighted by Crippen LogP contribution is -2.36.